The molecule has 0 N–H and O–H groups in total. The van der Waals surface area contributed by atoms with Gasteiger partial charge in [-0.3, -0.25) is 4.79 Å². The Hall–Kier alpha value is -0.870. The summed E-state index contributed by atoms with van der Waals surface area (Å²) >= 11 is 0. The van der Waals surface area contributed by atoms with E-state index in [0.29, 0.717) is 0 Å². The highest BCUT2D eigenvalue weighted by atomic mass is 35.7. The zero-order chi connectivity index (χ0) is 9.19. The van der Waals surface area contributed by atoms with Crippen LogP contribution in [0.2, 0.25) is 0 Å². The minimum atomic E-state index is -3.84. The van der Waals surface area contributed by atoms with E-state index in [0.717, 1.165) is 0 Å². The van der Waals surface area contributed by atoms with Crippen molar-refractivity contribution in [1.82, 2.24) is 0 Å². The van der Waals surface area contributed by atoms with Crippen molar-refractivity contribution in [3.8, 4) is 0 Å². The Labute approximate surface area is 74.4 Å². The summed E-state index contributed by atoms with van der Waals surface area (Å²) < 4.78 is 21.6. The van der Waals surface area contributed by atoms with Crippen LogP contribution in [0, 0.1) is 0 Å². The third kappa shape index (κ3) is 1.84. The summed E-state index contributed by atoms with van der Waals surface area (Å²) in [5.74, 6) is 0. The van der Waals surface area contributed by atoms with E-state index in [9.17, 15) is 13.2 Å². The predicted molar refractivity (Wildman–Crippen MR) is 44.3 cm³/mol. The van der Waals surface area contributed by atoms with E-state index < -0.39 is 9.05 Å². The van der Waals surface area contributed by atoms with Crippen LogP contribution in [0.4, 0.5) is 0 Å². The van der Waals surface area contributed by atoms with Gasteiger partial charge in [0.05, 0.1) is 4.90 Å². The molecule has 0 saturated carbocycles. The van der Waals surface area contributed by atoms with Crippen molar-refractivity contribution in [3.05, 3.63) is 29.8 Å². The van der Waals surface area contributed by atoms with E-state index in [2.05, 4.69) is 0 Å². The maximum Gasteiger partial charge on any atom is 0.262 e. The van der Waals surface area contributed by atoms with E-state index in [1.54, 1.807) is 0 Å². The molecule has 0 atom stereocenters. The van der Waals surface area contributed by atoms with E-state index in [1.165, 1.54) is 30.6 Å². The van der Waals surface area contributed by atoms with E-state index in [1.807, 2.05) is 0 Å². The van der Waals surface area contributed by atoms with Crippen LogP contribution in [0.5, 0.6) is 0 Å². The zero-order valence-corrected chi connectivity index (χ0v) is 7.39. The first kappa shape index (κ1) is 9.22. The minimum absolute atomic E-state index is 0.0486. The minimum Gasteiger partial charge on any atom is -0.285 e. The fourth-order valence-electron chi connectivity index (χ4n) is 0.764. The molecule has 12 heavy (non-hydrogen) atoms. The Morgan fingerprint density at radius 1 is 1.25 bits per heavy atom. The van der Waals surface area contributed by atoms with Crippen molar-refractivity contribution in [2.24, 2.45) is 0 Å². The Kier molecular flexibility index (Phi) is 2.49. The molecule has 3 nitrogen and oxygen atoms in total. The van der Waals surface area contributed by atoms with Crippen LogP contribution in [0.25, 0.3) is 0 Å². The van der Waals surface area contributed by atoms with Gasteiger partial charge in [-0.25, -0.2) is 8.42 Å². The molecule has 5 heteroatoms. The standard InChI is InChI=1S/C7H4ClO3S/c8-12(10,11)7-4-2-1-3-6(7)5-9/h1-4H. The van der Waals surface area contributed by atoms with Gasteiger partial charge in [0, 0.05) is 16.2 Å². The van der Waals surface area contributed by atoms with Gasteiger partial charge in [0.1, 0.15) is 0 Å². The molecule has 0 aliphatic carbocycles. The quantitative estimate of drug-likeness (QED) is 0.676. The first-order valence-corrected chi connectivity index (χ1v) is 5.28. The van der Waals surface area contributed by atoms with E-state index >= 15 is 0 Å². The normalized spacial score (nSPS) is 11.1. The second kappa shape index (κ2) is 3.25. The van der Waals surface area contributed by atoms with Crippen molar-refractivity contribution in [2.75, 3.05) is 0 Å². The summed E-state index contributed by atoms with van der Waals surface area (Å²) in [7, 11) is 1.20. The molecule has 1 aromatic rings. The lowest BCUT2D eigenvalue weighted by Crippen LogP contribution is -1.96. The summed E-state index contributed by atoms with van der Waals surface area (Å²) in [6, 6.07) is 5.60. The molecule has 0 aromatic heterocycles. The van der Waals surface area contributed by atoms with E-state index in [4.69, 9.17) is 10.7 Å². The third-order valence-corrected chi connectivity index (χ3v) is 2.64. The molecule has 0 aliphatic rings. The lowest BCUT2D eigenvalue weighted by atomic mass is 10.2. The number of rotatable bonds is 2. The maximum atomic E-state index is 10.8. The Bertz CT molecular complexity index is 397. The van der Waals surface area contributed by atoms with Crippen LogP contribution in [-0.2, 0) is 13.8 Å². The summed E-state index contributed by atoms with van der Waals surface area (Å²) in [4.78, 5) is 10.0. The van der Waals surface area contributed by atoms with Gasteiger partial charge in [0.2, 0.25) is 6.29 Å². The predicted octanol–water partition coefficient (Wildman–Crippen LogP) is 1.07. The lowest BCUT2D eigenvalue weighted by Gasteiger charge is -1.96. The van der Waals surface area contributed by atoms with Crippen molar-refractivity contribution in [2.45, 2.75) is 4.90 Å². The van der Waals surface area contributed by atoms with Crippen molar-refractivity contribution in [3.63, 3.8) is 0 Å². The summed E-state index contributed by atoms with van der Waals surface area (Å²) in [5.41, 5.74) is -0.0486. The fourth-order valence-corrected chi connectivity index (χ4v) is 1.78. The van der Waals surface area contributed by atoms with Crippen molar-refractivity contribution < 1.29 is 13.2 Å². The largest absolute Gasteiger partial charge is 0.285 e. The van der Waals surface area contributed by atoms with Gasteiger partial charge in [-0.15, -0.1) is 0 Å². The number of halogens is 1. The first-order chi connectivity index (χ1) is 5.55. The van der Waals surface area contributed by atoms with Gasteiger partial charge in [0.25, 0.3) is 9.05 Å². The number of carbonyl (C=O) groups excluding carboxylic acids is 1. The molecule has 0 amide bonds. The van der Waals surface area contributed by atoms with Crippen LogP contribution >= 0.6 is 10.7 Å². The molecular weight excluding hydrogens is 200 g/mol. The number of benzene rings is 1. The number of hydrogen-bond donors (Lipinski definition) is 0. The van der Waals surface area contributed by atoms with Crippen molar-refractivity contribution >= 4 is 26.0 Å². The number of hydrogen-bond acceptors (Lipinski definition) is 3. The van der Waals surface area contributed by atoms with Crippen LogP contribution < -0.4 is 0 Å². The summed E-state index contributed by atoms with van der Waals surface area (Å²) in [5, 5.41) is 0. The first-order valence-electron chi connectivity index (χ1n) is 2.97. The van der Waals surface area contributed by atoms with Crippen molar-refractivity contribution in [1.29, 1.82) is 0 Å². The smallest absolute Gasteiger partial charge is 0.262 e. The van der Waals surface area contributed by atoms with E-state index in [-0.39, 0.29) is 10.5 Å². The lowest BCUT2D eigenvalue weighted by molar-refractivity contribution is 0.561. The Morgan fingerprint density at radius 3 is 2.25 bits per heavy atom. The molecule has 0 fully saturated rings. The summed E-state index contributed by atoms with van der Waals surface area (Å²) in [6.45, 7) is 0. The molecule has 63 valence electrons. The highest BCUT2D eigenvalue weighted by Crippen LogP contribution is 2.17. The average Bonchev–Trinajstić information content (AvgIpc) is 2.03. The van der Waals surface area contributed by atoms with Crippen LogP contribution in [0.15, 0.2) is 29.2 Å². The van der Waals surface area contributed by atoms with Crippen LogP contribution in [-0.4, -0.2) is 14.7 Å². The van der Waals surface area contributed by atoms with Gasteiger partial charge in [-0.2, -0.15) is 0 Å². The molecule has 0 bridgehead atoms. The molecule has 1 aromatic carbocycles. The maximum absolute atomic E-state index is 10.8. The molecule has 1 radical (unpaired) electrons. The Balaban J connectivity index is 3.43. The van der Waals surface area contributed by atoms with Gasteiger partial charge in [-0.05, 0) is 12.1 Å². The Morgan fingerprint density at radius 2 is 1.83 bits per heavy atom. The molecule has 0 spiro atoms. The highest BCUT2D eigenvalue weighted by molar-refractivity contribution is 8.13. The van der Waals surface area contributed by atoms with Gasteiger partial charge < -0.3 is 0 Å². The molecule has 0 saturated heterocycles. The third-order valence-electron chi connectivity index (χ3n) is 1.26. The van der Waals surface area contributed by atoms with Crippen LogP contribution in [0.3, 0.4) is 0 Å². The fraction of sp³-hybridized carbons (Fsp3) is 0. The highest BCUT2D eigenvalue weighted by Gasteiger charge is 2.14. The van der Waals surface area contributed by atoms with Gasteiger partial charge in [0.15, 0.2) is 0 Å². The zero-order valence-electron chi connectivity index (χ0n) is 5.82. The second-order valence-corrected chi connectivity index (χ2v) is 4.57. The van der Waals surface area contributed by atoms with Crippen LogP contribution in [0.1, 0.15) is 5.56 Å². The molecule has 1 rings (SSSR count). The summed E-state index contributed by atoms with van der Waals surface area (Å²) in [6.07, 6.45) is 1.49. The second-order valence-electron chi connectivity index (χ2n) is 2.04. The topological polar surface area (TPSA) is 51.2 Å². The SMILES string of the molecule is O=[C]c1ccccc1S(=O)(=O)Cl. The molecular formula is C7H4ClO3S. The molecule has 0 heterocycles. The molecule has 0 aliphatic heterocycles. The van der Waals surface area contributed by atoms with Gasteiger partial charge in [-0.1, -0.05) is 12.1 Å². The molecule has 0 unspecified atom stereocenters. The monoisotopic (exact) mass is 203 g/mol. The van der Waals surface area contributed by atoms with Gasteiger partial charge >= 0.3 is 0 Å². The average molecular weight is 204 g/mol.